The van der Waals surface area contributed by atoms with Gasteiger partial charge in [0.2, 0.25) is 5.91 Å². The van der Waals surface area contributed by atoms with Crippen LogP contribution in [0.2, 0.25) is 0 Å². The molecule has 0 saturated heterocycles. The Labute approximate surface area is 128 Å². The maximum Gasteiger partial charge on any atom is 0.226 e. The number of hydrogen-bond donors (Lipinski definition) is 1. The van der Waals surface area contributed by atoms with E-state index in [9.17, 15) is 4.79 Å². The maximum absolute atomic E-state index is 12.1. The van der Waals surface area contributed by atoms with Gasteiger partial charge in [-0.2, -0.15) is 5.26 Å². The molecule has 3 rings (SSSR count). The van der Waals surface area contributed by atoms with Crippen molar-refractivity contribution in [2.45, 2.75) is 13.0 Å². The molecule has 1 amide bonds. The third-order valence-corrected chi connectivity index (χ3v) is 3.58. The summed E-state index contributed by atoms with van der Waals surface area (Å²) >= 11 is 0. The number of fused-ring (bicyclic) bond motifs is 1. The number of para-hydroxylation sites is 2. The molecule has 1 aromatic heterocycles. The van der Waals surface area contributed by atoms with Crippen LogP contribution in [0.4, 0.5) is 5.69 Å². The van der Waals surface area contributed by atoms with Crippen LogP contribution in [0, 0.1) is 11.3 Å². The first kappa shape index (κ1) is 13.9. The molecular weight excluding hydrogens is 274 g/mol. The zero-order valence-electron chi connectivity index (χ0n) is 12.0. The van der Waals surface area contributed by atoms with E-state index in [4.69, 9.17) is 5.26 Å². The van der Waals surface area contributed by atoms with Crippen molar-refractivity contribution in [3.05, 3.63) is 66.4 Å². The third-order valence-electron chi connectivity index (χ3n) is 3.58. The van der Waals surface area contributed by atoms with Gasteiger partial charge < -0.3 is 9.88 Å². The van der Waals surface area contributed by atoms with Gasteiger partial charge in [0, 0.05) is 24.7 Å². The molecule has 4 heteroatoms. The predicted octanol–water partition coefficient (Wildman–Crippen LogP) is 3.54. The second-order valence-corrected chi connectivity index (χ2v) is 5.02. The standard InChI is InChI=1S/C18H15N3O/c19-13-15-6-1-3-7-16(15)20-18(22)10-12-21-11-9-14-5-2-4-8-17(14)21/h1-9,11H,10,12H2,(H,20,22). The molecule has 1 N–H and O–H groups in total. The summed E-state index contributed by atoms with van der Waals surface area (Å²) in [5, 5.41) is 13.0. The van der Waals surface area contributed by atoms with Gasteiger partial charge in [-0.25, -0.2) is 0 Å². The molecule has 0 radical (unpaired) electrons. The summed E-state index contributed by atoms with van der Waals surface area (Å²) < 4.78 is 2.06. The lowest BCUT2D eigenvalue weighted by Crippen LogP contribution is -2.15. The van der Waals surface area contributed by atoms with Crippen molar-refractivity contribution in [1.29, 1.82) is 5.26 Å². The average molecular weight is 289 g/mol. The Balaban J connectivity index is 1.67. The Kier molecular flexibility index (Phi) is 3.88. The summed E-state index contributed by atoms with van der Waals surface area (Å²) in [5.74, 6) is -0.0968. The fraction of sp³-hybridized carbons (Fsp3) is 0.111. The zero-order valence-corrected chi connectivity index (χ0v) is 12.0. The lowest BCUT2D eigenvalue weighted by molar-refractivity contribution is -0.116. The summed E-state index contributed by atoms with van der Waals surface area (Å²) in [6.45, 7) is 0.605. The average Bonchev–Trinajstić information content (AvgIpc) is 2.97. The van der Waals surface area contributed by atoms with E-state index in [1.165, 1.54) is 0 Å². The normalized spacial score (nSPS) is 10.3. The topological polar surface area (TPSA) is 57.8 Å². The number of aryl methyl sites for hydroxylation is 1. The number of hydrogen-bond acceptors (Lipinski definition) is 2. The molecular formula is C18H15N3O. The van der Waals surface area contributed by atoms with Gasteiger partial charge in [-0.05, 0) is 29.7 Å². The fourth-order valence-electron chi connectivity index (χ4n) is 2.46. The molecule has 22 heavy (non-hydrogen) atoms. The number of nitriles is 1. The van der Waals surface area contributed by atoms with Crippen molar-refractivity contribution in [3.63, 3.8) is 0 Å². The third kappa shape index (κ3) is 2.84. The van der Waals surface area contributed by atoms with Crippen LogP contribution in [0.1, 0.15) is 12.0 Å². The molecule has 0 fully saturated rings. The van der Waals surface area contributed by atoms with Gasteiger partial charge in [-0.15, -0.1) is 0 Å². The van der Waals surface area contributed by atoms with E-state index in [0.29, 0.717) is 24.2 Å². The van der Waals surface area contributed by atoms with Gasteiger partial charge in [0.05, 0.1) is 11.3 Å². The number of nitrogens with zero attached hydrogens (tertiary/aromatic N) is 2. The van der Waals surface area contributed by atoms with Crippen LogP contribution >= 0.6 is 0 Å². The molecule has 3 aromatic rings. The molecule has 0 unspecified atom stereocenters. The Hall–Kier alpha value is -3.06. The van der Waals surface area contributed by atoms with E-state index in [2.05, 4.69) is 22.0 Å². The second-order valence-electron chi connectivity index (χ2n) is 5.02. The van der Waals surface area contributed by atoms with Crippen LogP contribution in [0.3, 0.4) is 0 Å². The summed E-state index contributed by atoms with van der Waals surface area (Å²) in [6, 6.07) is 19.2. The van der Waals surface area contributed by atoms with Crippen LogP contribution < -0.4 is 5.32 Å². The number of anilines is 1. The van der Waals surface area contributed by atoms with Crippen molar-refractivity contribution in [1.82, 2.24) is 4.57 Å². The Bertz CT molecular complexity index is 858. The molecule has 4 nitrogen and oxygen atoms in total. The van der Waals surface area contributed by atoms with E-state index in [-0.39, 0.29) is 5.91 Å². The zero-order chi connectivity index (χ0) is 15.4. The number of nitrogens with one attached hydrogen (secondary N) is 1. The van der Waals surface area contributed by atoms with Crippen molar-refractivity contribution >= 4 is 22.5 Å². The number of amides is 1. The van der Waals surface area contributed by atoms with Gasteiger partial charge in [0.25, 0.3) is 0 Å². The van der Waals surface area contributed by atoms with Crippen LogP contribution in [-0.2, 0) is 11.3 Å². The molecule has 0 aliphatic carbocycles. The number of aromatic nitrogens is 1. The van der Waals surface area contributed by atoms with E-state index in [1.807, 2.05) is 30.5 Å². The minimum absolute atomic E-state index is 0.0968. The summed E-state index contributed by atoms with van der Waals surface area (Å²) in [6.07, 6.45) is 2.35. The van der Waals surface area contributed by atoms with Crippen molar-refractivity contribution < 1.29 is 4.79 Å². The second kappa shape index (κ2) is 6.15. The highest BCUT2D eigenvalue weighted by atomic mass is 16.1. The summed E-state index contributed by atoms with van der Waals surface area (Å²) in [4.78, 5) is 12.1. The largest absolute Gasteiger partial charge is 0.347 e. The van der Waals surface area contributed by atoms with Gasteiger partial charge in [0.1, 0.15) is 6.07 Å². The highest BCUT2D eigenvalue weighted by Crippen LogP contribution is 2.16. The SMILES string of the molecule is N#Cc1ccccc1NC(=O)CCn1ccc2ccccc21. The van der Waals surface area contributed by atoms with E-state index < -0.39 is 0 Å². The van der Waals surface area contributed by atoms with Crippen LogP contribution in [0.15, 0.2) is 60.8 Å². The minimum Gasteiger partial charge on any atom is -0.347 e. The van der Waals surface area contributed by atoms with Crippen molar-refractivity contribution in [2.24, 2.45) is 0 Å². The molecule has 0 aliphatic rings. The van der Waals surface area contributed by atoms with Crippen LogP contribution in [0.5, 0.6) is 0 Å². The maximum atomic E-state index is 12.1. The van der Waals surface area contributed by atoms with Crippen molar-refractivity contribution in [3.8, 4) is 6.07 Å². The number of carbonyl (C=O) groups excluding carboxylic acids is 1. The van der Waals surface area contributed by atoms with E-state index >= 15 is 0 Å². The number of benzene rings is 2. The Morgan fingerprint density at radius 1 is 1.09 bits per heavy atom. The summed E-state index contributed by atoms with van der Waals surface area (Å²) in [5.41, 5.74) is 2.15. The predicted molar refractivity (Wildman–Crippen MR) is 86.3 cm³/mol. The van der Waals surface area contributed by atoms with Gasteiger partial charge in [0.15, 0.2) is 0 Å². The Morgan fingerprint density at radius 2 is 1.86 bits per heavy atom. The van der Waals surface area contributed by atoms with Crippen LogP contribution in [-0.4, -0.2) is 10.5 Å². The molecule has 0 saturated carbocycles. The molecule has 0 bridgehead atoms. The molecule has 0 atom stereocenters. The quantitative estimate of drug-likeness (QED) is 0.798. The fourth-order valence-corrected chi connectivity index (χ4v) is 2.46. The van der Waals surface area contributed by atoms with Gasteiger partial charge >= 0.3 is 0 Å². The highest BCUT2D eigenvalue weighted by molar-refractivity contribution is 5.92. The first-order valence-corrected chi connectivity index (χ1v) is 7.11. The number of rotatable bonds is 4. The smallest absolute Gasteiger partial charge is 0.226 e. The Morgan fingerprint density at radius 3 is 2.73 bits per heavy atom. The number of carbonyl (C=O) groups is 1. The monoisotopic (exact) mass is 289 g/mol. The minimum atomic E-state index is -0.0968. The molecule has 0 aliphatic heterocycles. The van der Waals surface area contributed by atoms with Crippen LogP contribution in [0.25, 0.3) is 10.9 Å². The first-order chi connectivity index (χ1) is 10.8. The first-order valence-electron chi connectivity index (χ1n) is 7.11. The molecule has 2 aromatic carbocycles. The summed E-state index contributed by atoms with van der Waals surface area (Å²) in [7, 11) is 0. The lowest BCUT2D eigenvalue weighted by atomic mass is 10.2. The molecule has 0 spiro atoms. The van der Waals surface area contributed by atoms with Gasteiger partial charge in [-0.3, -0.25) is 4.79 Å². The molecule has 108 valence electrons. The van der Waals surface area contributed by atoms with E-state index in [1.54, 1.807) is 24.3 Å². The molecule has 1 heterocycles. The van der Waals surface area contributed by atoms with E-state index in [0.717, 1.165) is 10.9 Å². The van der Waals surface area contributed by atoms with Gasteiger partial charge in [-0.1, -0.05) is 30.3 Å². The highest BCUT2D eigenvalue weighted by Gasteiger charge is 2.07. The van der Waals surface area contributed by atoms with Crippen molar-refractivity contribution in [2.75, 3.05) is 5.32 Å². The lowest BCUT2D eigenvalue weighted by Gasteiger charge is -2.08.